The van der Waals surface area contributed by atoms with Crippen molar-refractivity contribution in [3.8, 4) is 17.1 Å². The molecule has 4 rings (SSSR count). The van der Waals surface area contributed by atoms with Gasteiger partial charge < -0.3 is 0 Å². The van der Waals surface area contributed by atoms with Gasteiger partial charge in [0.25, 0.3) is 0 Å². The summed E-state index contributed by atoms with van der Waals surface area (Å²) in [5, 5.41) is 8.80. The van der Waals surface area contributed by atoms with Gasteiger partial charge in [0.1, 0.15) is 5.82 Å². The van der Waals surface area contributed by atoms with Crippen molar-refractivity contribution in [1.82, 2.24) is 19.7 Å². The quantitative estimate of drug-likeness (QED) is 0.297. The van der Waals surface area contributed by atoms with E-state index in [9.17, 15) is 17.6 Å². The van der Waals surface area contributed by atoms with Crippen molar-refractivity contribution in [3.63, 3.8) is 0 Å². The van der Waals surface area contributed by atoms with Crippen LogP contribution in [0.3, 0.4) is 0 Å². The van der Waals surface area contributed by atoms with Crippen LogP contribution in [0.25, 0.3) is 17.1 Å². The van der Waals surface area contributed by atoms with Crippen LogP contribution in [0.15, 0.2) is 78.2 Å². The molecule has 2 aromatic carbocycles. The van der Waals surface area contributed by atoms with E-state index >= 15 is 0 Å². The average molecular weight is 430 g/mol. The Morgan fingerprint density at radius 1 is 0.900 bits per heavy atom. The van der Waals surface area contributed by atoms with Crippen LogP contribution in [0.1, 0.15) is 11.1 Å². The molecule has 4 aromatic rings. The number of alkyl halides is 3. The predicted molar refractivity (Wildman–Crippen MR) is 106 cm³/mol. The minimum atomic E-state index is -4.38. The highest BCUT2D eigenvalue weighted by molar-refractivity contribution is 7.98. The Labute approximate surface area is 173 Å². The number of pyridine rings is 1. The highest BCUT2D eigenvalue weighted by Gasteiger charge is 2.30. The first-order valence-electron chi connectivity index (χ1n) is 8.83. The fourth-order valence-corrected chi connectivity index (χ4v) is 3.73. The topological polar surface area (TPSA) is 43.6 Å². The third kappa shape index (κ3) is 4.20. The maximum atomic E-state index is 14.5. The molecule has 0 aliphatic heterocycles. The summed E-state index contributed by atoms with van der Waals surface area (Å²) in [7, 11) is 0. The zero-order valence-corrected chi connectivity index (χ0v) is 16.2. The summed E-state index contributed by atoms with van der Waals surface area (Å²) in [6.45, 7) is 0. The fourth-order valence-electron chi connectivity index (χ4n) is 2.83. The molecule has 0 bridgehead atoms. The fraction of sp³-hybridized carbons (Fsp3) is 0.0952. The van der Waals surface area contributed by atoms with Crippen LogP contribution in [0, 0.1) is 5.82 Å². The van der Waals surface area contributed by atoms with Gasteiger partial charge in [0.2, 0.25) is 0 Å². The third-order valence-electron chi connectivity index (χ3n) is 4.30. The van der Waals surface area contributed by atoms with Crippen LogP contribution in [0.2, 0.25) is 0 Å². The van der Waals surface area contributed by atoms with Gasteiger partial charge in [-0.1, -0.05) is 36.0 Å². The number of hydrogen-bond donors (Lipinski definition) is 0. The van der Waals surface area contributed by atoms with E-state index in [0.29, 0.717) is 27.9 Å². The first-order chi connectivity index (χ1) is 14.4. The molecule has 4 nitrogen and oxygen atoms in total. The maximum absolute atomic E-state index is 14.5. The molecule has 0 spiro atoms. The van der Waals surface area contributed by atoms with E-state index in [1.807, 2.05) is 0 Å². The molecular formula is C21H14F4N4S. The Kier molecular flexibility index (Phi) is 5.54. The van der Waals surface area contributed by atoms with Crippen molar-refractivity contribution >= 4 is 11.8 Å². The van der Waals surface area contributed by atoms with Gasteiger partial charge in [0.15, 0.2) is 11.0 Å². The highest BCUT2D eigenvalue weighted by Crippen LogP contribution is 2.32. The summed E-state index contributed by atoms with van der Waals surface area (Å²) in [5.74, 6) is 0.319. The van der Waals surface area contributed by atoms with E-state index < -0.39 is 17.6 Å². The molecule has 30 heavy (non-hydrogen) atoms. The molecule has 0 radical (unpaired) electrons. The minimum absolute atomic E-state index is 0.274. The van der Waals surface area contributed by atoms with E-state index in [4.69, 9.17) is 0 Å². The number of hydrogen-bond acceptors (Lipinski definition) is 4. The summed E-state index contributed by atoms with van der Waals surface area (Å²) in [4.78, 5) is 4.08. The molecular weight excluding hydrogens is 416 g/mol. The molecule has 2 heterocycles. The third-order valence-corrected chi connectivity index (χ3v) is 5.30. The van der Waals surface area contributed by atoms with Gasteiger partial charge in [-0.15, -0.1) is 10.2 Å². The van der Waals surface area contributed by atoms with Crippen molar-refractivity contribution in [2.24, 2.45) is 0 Å². The van der Waals surface area contributed by atoms with Gasteiger partial charge in [-0.2, -0.15) is 13.2 Å². The molecule has 0 saturated heterocycles. The van der Waals surface area contributed by atoms with Crippen molar-refractivity contribution in [1.29, 1.82) is 0 Å². The van der Waals surface area contributed by atoms with Crippen LogP contribution in [0.4, 0.5) is 17.6 Å². The first kappa shape index (κ1) is 20.1. The number of para-hydroxylation sites is 1. The molecule has 9 heteroatoms. The lowest BCUT2D eigenvalue weighted by Gasteiger charge is -2.11. The van der Waals surface area contributed by atoms with E-state index in [1.54, 1.807) is 47.3 Å². The lowest BCUT2D eigenvalue weighted by Crippen LogP contribution is -2.04. The van der Waals surface area contributed by atoms with Crippen molar-refractivity contribution in [2.75, 3.05) is 0 Å². The van der Waals surface area contributed by atoms with Crippen molar-refractivity contribution in [3.05, 3.63) is 90.0 Å². The normalized spacial score (nSPS) is 11.6. The van der Waals surface area contributed by atoms with Gasteiger partial charge in [-0.3, -0.25) is 9.55 Å². The molecule has 0 amide bonds. The molecule has 2 aromatic heterocycles. The molecule has 0 aliphatic carbocycles. The Morgan fingerprint density at radius 3 is 2.33 bits per heavy atom. The molecule has 0 fully saturated rings. The van der Waals surface area contributed by atoms with Crippen LogP contribution >= 0.6 is 11.8 Å². The lowest BCUT2D eigenvalue weighted by molar-refractivity contribution is -0.137. The van der Waals surface area contributed by atoms with E-state index in [-0.39, 0.29) is 5.69 Å². The molecule has 0 unspecified atom stereocenters. The lowest BCUT2D eigenvalue weighted by atomic mass is 10.1. The Morgan fingerprint density at radius 2 is 1.67 bits per heavy atom. The van der Waals surface area contributed by atoms with Crippen LogP contribution in [0.5, 0.6) is 0 Å². The maximum Gasteiger partial charge on any atom is 0.416 e. The molecule has 0 aliphatic rings. The van der Waals surface area contributed by atoms with Gasteiger partial charge in [-0.05, 0) is 42.0 Å². The number of nitrogens with zero attached hydrogens (tertiary/aromatic N) is 4. The average Bonchev–Trinajstić information content (AvgIpc) is 3.16. The number of rotatable bonds is 5. The van der Waals surface area contributed by atoms with Crippen LogP contribution < -0.4 is 0 Å². The predicted octanol–water partition coefficient (Wildman–Crippen LogP) is 5.78. The van der Waals surface area contributed by atoms with E-state index in [1.165, 1.54) is 30.0 Å². The van der Waals surface area contributed by atoms with E-state index in [0.717, 1.165) is 12.1 Å². The molecule has 0 N–H and O–H groups in total. The van der Waals surface area contributed by atoms with Gasteiger partial charge in [-0.25, -0.2) is 4.39 Å². The summed E-state index contributed by atoms with van der Waals surface area (Å²) in [6, 6.07) is 14.7. The zero-order chi connectivity index (χ0) is 21.1. The summed E-state index contributed by atoms with van der Waals surface area (Å²) >= 11 is 1.25. The van der Waals surface area contributed by atoms with Crippen LogP contribution in [-0.2, 0) is 11.9 Å². The second kappa shape index (κ2) is 8.27. The molecule has 0 saturated carbocycles. The van der Waals surface area contributed by atoms with Crippen molar-refractivity contribution < 1.29 is 17.6 Å². The number of thioether (sulfide) groups is 1. The van der Waals surface area contributed by atoms with E-state index in [2.05, 4.69) is 15.2 Å². The Bertz CT molecular complexity index is 1140. The monoisotopic (exact) mass is 430 g/mol. The van der Waals surface area contributed by atoms with Crippen LogP contribution in [-0.4, -0.2) is 19.7 Å². The Hall–Kier alpha value is -3.20. The second-order valence-electron chi connectivity index (χ2n) is 6.32. The molecule has 152 valence electrons. The second-order valence-corrected chi connectivity index (χ2v) is 7.26. The highest BCUT2D eigenvalue weighted by atomic mass is 32.2. The number of aromatic nitrogens is 4. The van der Waals surface area contributed by atoms with Gasteiger partial charge >= 0.3 is 6.18 Å². The van der Waals surface area contributed by atoms with Crippen molar-refractivity contribution in [2.45, 2.75) is 17.1 Å². The zero-order valence-electron chi connectivity index (χ0n) is 15.3. The first-order valence-corrected chi connectivity index (χ1v) is 9.82. The number of benzene rings is 2. The minimum Gasteiger partial charge on any atom is -0.267 e. The summed E-state index contributed by atoms with van der Waals surface area (Å²) in [5.41, 5.74) is 0.912. The Balaban J connectivity index is 1.67. The summed E-state index contributed by atoms with van der Waals surface area (Å²) < 4.78 is 54.4. The number of halogens is 4. The molecule has 0 atom stereocenters. The smallest absolute Gasteiger partial charge is 0.267 e. The SMILES string of the molecule is Fc1ccccc1-n1c(SCc2ccc(C(F)(F)F)cc2)nnc1-c1cccnc1. The standard InChI is InChI=1S/C21H14F4N4S/c22-17-5-1-2-6-18(17)29-19(15-4-3-11-26-12-15)27-28-20(29)30-13-14-7-9-16(10-8-14)21(23,24)25/h1-12H,13H2. The van der Waals surface area contributed by atoms with Gasteiger partial charge in [0, 0.05) is 23.7 Å². The summed E-state index contributed by atoms with van der Waals surface area (Å²) in [6.07, 6.45) is -1.16. The van der Waals surface area contributed by atoms with Gasteiger partial charge in [0.05, 0.1) is 11.3 Å². The largest absolute Gasteiger partial charge is 0.416 e.